The first-order chi connectivity index (χ1) is 7.29. The zero-order valence-corrected chi connectivity index (χ0v) is 10.5. The van der Waals surface area contributed by atoms with E-state index >= 15 is 0 Å². The van der Waals surface area contributed by atoms with Crippen molar-refractivity contribution in [1.82, 2.24) is 0 Å². The third-order valence-corrected chi connectivity index (χ3v) is 3.58. The monoisotopic (exact) mass is 232 g/mol. The lowest BCUT2D eigenvalue weighted by Crippen LogP contribution is -1.91. The van der Waals surface area contributed by atoms with Gasteiger partial charge in [-0.05, 0) is 35.2 Å². The van der Waals surface area contributed by atoms with Crippen LogP contribution < -0.4 is 5.30 Å². The SMILES string of the molecule is CPc1ccc(-c2ccc(S)cc2)cc1. The average molecular weight is 232 g/mol. The van der Waals surface area contributed by atoms with Crippen LogP contribution in [-0.4, -0.2) is 6.66 Å². The van der Waals surface area contributed by atoms with Crippen LogP contribution in [0.1, 0.15) is 0 Å². The summed E-state index contributed by atoms with van der Waals surface area (Å²) in [5.41, 5.74) is 2.52. The molecule has 1 unspecified atom stereocenters. The molecule has 0 saturated carbocycles. The number of rotatable bonds is 2. The molecule has 2 heteroatoms. The van der Waals surface area contributed by atoms with Crippen molar-refractivity contribution >= 4 is 26.5 Å². The average Bonchev–Trinajstić information content (AvgIpc) is 2.30. The number of hydrogen-bond donors (Lipinski definition) is 1. The van der Waals surface area contributed by atoms with E-state index in [4.69, 9.17) is 0 Å². The fourth-order valence-corrected chi connectivity index (χ4v) is 2.13. The van der Waals surface area contributed by atoms with Crippen LogP contribution in [-0.2, 0) is 0 Å². The molecule has 0 nitrogen and oxygen atoms in total. The van der Waals surface area contributed by atoms with Gasteiger partial charge in [0.2, 0.25) is 0 Å². The van der Waals surface area contributed by atoms with Crippen molar-refractivity contribution < 1.29 is 0 Å². The van der Waals surface area contributed by atoms with Crippen LogP contribution in [0.2, 0.25) is 0 Å². The molecule has 0 bridgehead atoms. The van der Waals surface area contributed by atoms with Gasteiger partial charge in [0.1, 0.15) is 0 Å². The zero-order valence-electron chi connectivity index (χ0n) is 8.57. The van der Waals surface area contributed by atoms with E-state index in [1.165, 1.54) is 16.4 Å². The molecule has 2 aromatic rings. The topological polar surface area (TPSA) is 0 Å². The molecular formula is C13H13PS. The highest BCUT2D eigenvalue weighted by Crippen LogP contribution is 2.20. The van der Waals surface area contributed by atoms with E-state index < -0.39 is 0 Å². The van der Waals surface area contributed by atoms with Gasteiger partial charge in [0, 0.05) is 4.90 Å². The maximum absolute atomic E-state index is 4.28. The molecule has 0 aliphatic carbocycles. The van der Waals surface area contributed by atoms with Crippen molar-refractivity contribution in [2.75, 3.05) is 6.66 Å². The normalized spacial score (nSPS) is 11.1. The van der Waals surface area contributed by atoms with Crippen LogP contribution in [0, 0.1) is 0 Å². The molecule has 0 heterocycles. The fourth-order valence-electron chi connectivity index (χ4n) is 1.48. The molecular weight excluding hydrogens is 219 g/mol. The van der Waals surface area contributed by atoms with Crippen LogP contribution >= 0.6 is 21.2 Å². The molecule has 2 aromatic carbocycles. The number of thiol groups is 1. The molecule has 0 spiro atoms. The highest BCUT2D eigenvalue weighted by Gasteiger charge is 1.96. The Morgan fingerprint density at radius 1 is 0.800 bits per heavy atom. The van der Waals surface area contributed by atoms with Crippen LogP contribution in [0.3, 0.4) is 0 Å². The molecule has 15 heavy (non-hydrogen) atoms. The predicted molar refractivity (Wildman–Crippen MR) is 73.0 cm³/mol. The first-order valence-corrected chi connectivity index (χ1v) is 6.81. The summed E-state index contributed by atoms with van der Waals surface area (Å²) < 4.78 is 0. The van der Waals surface area contributed by atoms with Crippen molar-refractivity contribution in [2.24, 2.45) is 0 Å². The van der Waals surface area contributed by atoms with Gasteiger partial charge in [-0.1, -0.05) is 45.0 Å². The van der Waals surface area contributed by atoms with Crippen molar-refractivity contribution in [2.45, 2.75) is 4.90 Å². The summed E-state index contributed by atoms with van der Waals surface area (Å²) in [5, 5.41) is 1.41. The van der Waals surface area contributed by atoms with Crippen LogP contribution in [0.15, 0.2) is 53.4 Å². The molecule has 0 amide bonds. The zero-order chi connectivity index (χ0) is 10.7. The minimum atomic E-state index is 0.870. The molecule has 76 valence electrons. The predicted octanol–water partition coefficient (Wildman–Crippen LogP) is 3.58. The van der Waals surface area contributed by atoms with Gasteiger partial charge in [-0.15, -0.1) is 12.6 Å². The molecule has 0 radical (unpaired) electrons. The second-order valence-corrected chi connectivity index (χ2v) is 4.97. The fraction of sp³-hybridized carbons (Fsp3) is 0.0769. The second-order valence-electron chi connectivity index (χ2n) is 3.37. The lowest BCUT2D eigenvalue weighted by molar-refractivity contribution is 1.47. The summed E-state index contributed by atoms with van der Waals surface area (Å²) in [5.74, 6) is 0. The van der Waals surface area contributed by atoms with E-state index in [-0.39, 0.29) is 0 Å². The molecule has 0 saturated heterocycles. The van der Waals surface area contributed by atoms with Gasteiger partial charge in [-0.25, -0.2) is 0 Å². The Morgan fingerprint density at radius 2 is 1.27 bits per heavy atom. The van der Waals surface area contributed by atoms with E-state index in [2.05, 4.69) is 55.7 Å². The van der Waals surface area contributed by atoms with Gasteiger partial charge < -0.3 is 0 Å². The van der Waals surface area contributed by atoms with Crippen LogP contribution in [0.4, 0.5) is 0 Å². The summed E-state index contributed by atoms with van der Waals surface area (Å²) >= 11 is 4.28. The van der Waals surface area contributed by atoms with Gasteiger partial charge in [-0.3, -0.25) is 0 Å². The van der Waals surface area contributed by atoms with E-state index in [1.807, 2.05) is 12.1 Å². The maximum Gasteiger partial charge on any atom is 0.00404 e. The summed E-state index contributed by atoms with van der Waals surface area (Å²) in [6, 6.07) is 17.0. The summed E-state index contributed by atoms with van der Waals surface area (Å²) in [6.45, 7) is 2.20. The van der Waals surface area contributed by atoms with E-state index in [0.717, 1.165) is 13.5 Å². The first kappa shape index (κ1) is 10.7. The molecule has 0 aliphatic heterocycles. The van der Waals surface area contributed by atoms with Gasteiger partial charge >= 0.3 is 0 Å². The first-order valence-electron chi connectivity index (χ1n) is 4.87. The third kappa shape index (κ3) is 2.62. The van der Waals surface area contributed by atoms with Crippen molar-refractivity contribution in [3.63, 3.8) is 0 Å². The standard InChI is InChI=1S/C13H13PS/c1-14-12-6-2-10(3-7-12)11-4-8-13(15)9-5-11/h2-9,14-15H,1H3. The lowest BCUT2D eigenvalue weighted by atomic mass is 10.1. The van der Waals surface area contributed by atoms with Crippen LogP contribution in [0.25, 0.3) is 11.1 Å². The number of benzene rings is 2. The van der Waals surface area contributed by atoms with Crippen LogP contribution in [0.5, 0.6) is 0 Å². The molecule has 0 fully saturated rings. The minimum Gasteiger partial charge on any atom is -0.143 e. The Kier molecular flexibility index (Phi) is 3.45. The molecule has 0 aromatic heterocycles. The Hall–Kier alpha value is -0.780. The van der Waals surface area contributed by atoms with E-state index in [9.17, 15) is 0 Å². The highest BCUT2D eigenvalue weighted by atomic mass is 32.1. The molecule has 0 aliphatic rings. The highest BCUT2D eigenvalue weighted by molar-refractivity contribution is 7.80. The third-order valence-electron chi connectivity index (χ3n) is 2.37. The minimum absolute atomic E-state index is 0.870. The molecule has 1 atom stereocenters. The van der Waals surface area contributed by atoms with Crippen molar-refractivity contribution in [3.05, 3.63) is 48.5 Å². The van der Waals surface area contributed by atoms with E-state index in [1.54, 1.807) is 0 Å². The Bertz CT molecular complexity index is 431. The van der Waals surface area contributed by atoms with Crippen molar-refractivity contribution in [1.29, 1.82) is 0 Å². The Balaban J connectivity index is 2.33. The Morgan fingerprint density at radius 3 is 1.73 bits per heavy atom. The van der Waals surface area contributed by atoms with E-state index in [0.29, 0.717) is 0 Å². The van der Waals surface area contributed by atoms with Crippen molar-refractivity contribution in [3.8, 4) is 11.1 Å². The van der Waals surface area contributed by atoms with Gasteiger partial charge in [0.15, 0.2) is 0 Å². The second kappa shape index (κ2) is 4.83. The lowest BCUT2D eigenvalue weighted by Gasteiger charge is -2.03. The van der Waals surface area contributed by atoms with Gasteiger partial charge in [-0.2, -0.15) is 0 Å². The maximum atomic E-state index is 4.28. The van der Waals surface area contributed by atoms with Gasteiger partial charge in [0.25, 0.3) is 0 Å². The quantitative estimate of drug-likeness (QED) is 0.594. The molecule has 2 rings (SSSR count). The largest absolute Gasteiger partial charge is 0.143 e. The van der Waals surface area contributed by atoms with Gasteiger partial charge in [0.05, 0.1) is 0 Å². The smallest absolute Gasteiger partial charge is 0.00404 e. The molecule has 0 N–H and O–H groups in total. The summed E-state index contributed by atoms with van der Waals surface area (Å²) in [6.07, 6.45) is 0. The summed E-state index contributed by atoms with van der Waals surface area (Å²) in [4.78, 5) is 1.01. The Labute approximate surface area is 97.9 Å². The summed E-state index contributed by atoms with van der Waals surface area (Å²) in [7, 11) is 0.870. The number of hydrogen-bond acceptors (Lipinski definition) is 1.